The van der Waals surface area contributed by atoms with Gasteiger partial charge < -0.3 is 5.11 Å². The fraction of sp³-hybridized carbons (Fsp3) is 0.455. The molecule has 7 nitrogen and oxygen atoms in total. The minimum absolute atomic E-state index is 0.199. The number of nitro benzene ring substituents is 1. The Kier molecular flexibility index (Phi) is 4.61. The number of nitrogens with zero attached hydrogens (tertiary/aromatic N) is 1. The fourth-order valence-electron chi connectivity index (χ4n) is 1.36. The van der Waals surface area contributed by atoms with Crippen LogP contribution in [0.1, 0.15) is 20.3 Å². The topological polar surface area (TPSA) is 110 Å². The summed E-state index contributed by atoms with van der Waals surface area (Å²) >= 11 is 0. The van der Waals surface area contributed by atoms with Crippen LogP contribution >= 0.6 is 0 Å². The Morgan fingerprint density at radius 1 is 1.47 bits per heavy atom. The molecule has 1 aromatic carbocycles. The van der Waals surface area contributed by atoms with E-state index in [0.29, 0.717) is 6.42 Å². The predicted octanol–water partition coefficient (Wildman–Crippen LogP) is 1.03. The molecule has 0 aromatic heterocycles. The van der Waals surface area contributed by atoms with Crippen molar-refractivity contribution in [1.29, 1.82) is 0 Å². The maximum atomic E-state index is 12.1. The summed E-state index contributed by atoms with van der Waals surface area (Å²) in [5.74, 6) is 0. The number of nitrogens with one attached hydrogen (secondary N) is 1. The van der Waals surface area contributed by atoms with E-state index in [4.69, 9.17) is 0 Å². The first-order valence-electron chi connectivity index (χ1n) is 5.63. The lowest BCUT2D eigenvalue weighted by atomic mass is 10.0. The Bertz CT molecular complexity index is 566. The highest BCUT2D eigenvalue weighted by atomic mass is 32.2. The van der Waals surface area contributed by atoms with Crippen molar-refractivity contribution in [1.82, 2.24) is 4.72 Å². The molecule has 1 aromatic rings. The molecule has 0 saturated heterocycles. The standard InChI is InChI=1S/C11H16N2O5S/c1-3-11(2,8-14)12-19(17,18)10-6-4-5-9(7-10)13(15)16/h4-7,12,14H,3,8H2,1-2H3. The van der Waals surface area contributed by atoms with Crippen molar-refractivity contribution in [3.05, 3.63) is 34.4 Å². The average Bonchev–Trinajstić information content (AvgIpc) is 2.38. The number of sulfonamides is 1. The molecule has 106 valence electrons. The van der Waals surface area contributed by atoms with Crippen molar-refractivity contribution < 1.29 is 18.4 Å². The van der Waals surface area contributed by atoms with Crippen molar-refractivity contribution in [3.8, 4) is 0 Å². The maximum Gasteiger partial charge on any atom is 0.270 e. The lowest BCUT2D eigenvalue weighted by Gasteiger charge is -2.26. The summed E-state index contributed by atoms with van der Waals surface area (Å²) in [5, 5.41) is 19.8. The number of hydrogen-bond donors (Lipinski definition) is 2. The number of nitro groups is 1. The van der Waals surface area contributed by atoms with Crippen molar-refractivity contribution >= 4 is 15.7 Å². The SMILES string of the molecule is CCC(C)(CO)NS(=O)(=O)c1cccc([N+](=O)[O-])c1. The van der Waals surface area contributed by atoms with E-state index in [1.54, 1.807) is 13.8 Å². The molecule has 0 saturated carbocycles. The third kappa shape index (κ3) is 3.72. The summed E-state index contributed by atoms with van der Waals surface area (Å²) in [7, 11) is -3.91. The molecule has 0 aliphatic heterocycles. The Morgan fingerprint density at radius 2 is 2.11 bits per heavy atom. The van der Waals surface area contributed by atoms with Gasteiger partial charge in [0.25, 0.3) is 5.69 Å². The zero-order chi connectivity index (χ0) is 14.7. The monoisotopic (exact) mass is 288 g/mol. The minimum atomic E-state index is -3.91. The summed E-state index contributed by atoms with van der Waals surface area (Å²) in [4.78, 5) is 9.77. The van der Waals surface area contributed by atoms with Gasteiger partial charge in [-0.15, -0.1) is 0 Å². The highest BCUT2D eigenvalue weighted by Gasteiger charge is 2.29. The van der Waals surface area contributed by atoms with E-state index in [9.17, 15) is 23.6 Å². The Labute approximate surface area is 111 Å². The van der Waals surface area contributed by atoms with E-state index in [1.807, 2.05) is 0 Å². The van der Waals surface area contributed by atoms with Gasteiger partial charge in [-0.25, -0.2) is 13.1 Å². The molecule has 1 rings (SSSR count). The summed E-state index contributed by atoms with van der Waals surface area (Å²) in [6.45, 7) is 2.92. The van der Waals surface area contributed by atoms with Crippen LogP contribution in [-0.2, 0) is 10.0 Å². The molecule has 1 unspecified atom stereocenters. The van der Waals surface area contributed by atoms with Crippen LogP contribution in [0.15, 0.2) is 29.2 Å². The largest absolute Gasteiger partial charge is 0.394 e. The number of rotatable bonds is 6. The lowest BCUT2D eigenvalue weighted by Crippen LogP contribution is -2.48. The second-order valence-corrected chi connectivity index (χ2v) is 6.11. The van der Waals surface area contributed by atoms with E-state index in [2.05, 4.69) is 4.72 Å². The molecular weight excluding hydrogens is 272 g/mol. The molecule has 0 aliphatic carbocycles. The van der Waals surface area contributed by atoms with Gasteiger partial charge in [-0.3, -0.25) is 10.1 Å². The number of benzene rings is 1. The zero-order valence-electron chi connectivity index (χ0n) is 10.7. The van der Waals surface area contributed by atoms with E-state index in [-0.39, 0.29) is 17.2 Å². The van der Waals surface area contributed by atoms with Crippen molar-refractivity contribution in [2.45, 2.75) is 30.7 Å². The molecule has 1 atom stereocenters. The van der Waals surface area contributed by atoms with Crippen molar-refractivity contribution in [2.24, 2.45) is 0 Å². The third-order valence-electron chi connectivity index (χ3n) is 2.85. The van der Waals surface area contributed by atoms with E-state index >= 15 is 0 Å². The number of aliphatic hydroxyl groups excluding tert-OH is 1. The van der Waals surface area contributed by atoms with Gasteiger partial charge in [0.2, 0.25) is 10.0 Å². The molecule has 8 heteroatoms. The first-order valence-corrected chi connectivity index (χ1v) is 7.12. The average molecular weight is 288 g/mol. The van der Waals surface area contributed by atoms with Crippen LogP contribution in [0, 0.1) is 10.1 Å². The highest BCUT2D eigenvalue weighted by Crippen LogP contribution is 2.19. The summed E-state index contributed by atoms with van der Waals surface area (Å²) < 4.78 is 26.5. The van der Waals surface area contributed by atoms with Crippen molar-refractivity contribution in [2.75, 3.05) is 6.61 Å². The first-order chi connectivity index (χ1) is 8.74. The lowest BCUT2D eigenvalue weighted by molar-refractivity contribution is -0.385. The van der Waals surface area contributed by atoms with Crippen LogP contribution in [0.2, 0.25) is 0 Å². The van der Waals surface area contributed by atoms with Gasteiger partial charge in [0, 0.05) is 12.1 Å². The number of non-ortho nitro benzene ring substituents is 1. The second kappa shape index (κ2) is 5.64. The van der Waals surface area contributed by atoms with Crippen LogP contribution < -0.4 is 4.72 Å². The molecular formula is C11H16N2O5S. The Morgan fingerprint density at radius 3 is 2.58 bits per heavy atom. The summed E-state index contributed by atoms with van der Waals surface area (Å²) in [5.41, 5.74) is -1.30. The smallest absolute Gasteiger partial charge is 0.270 e. The molecule has 0 radical (unpaired) electrons. The minimum Gasteiger partial charge on any atom is -0.394 e. The Hall–Kier alpha value is -1.51. The van der Waals surface area contributed by atoms with E-state index in [1.165, 1.54) is 18.2 Å². The Balaban J connectivity index is 3.14. The molecule has 0 amide bonds. The molecule has 0 spiro atoms. The van der Waals surface area contributed by atoms with Gasteiger partial charge in [0.05, 0.1) is 22.0 Å². The molecule has 2 N–H and O–H groups in total. The zero-order valence-corrected chi connectivity index (χ0v) is 11.5. The highest BCUT2D eigenvalue weighted by molar-refractivity contribution is 7.89. The number of aliphatic hydroxyl groups is 1. The van der Waals surface area contributed by atoms with Gasteiger partial charge in [0.1, 0.15) is 0 Å². The van der Waals surface area contributed by atoms with Crippen LogP contribution in [0.4, 0.5) is 5.69 Å². The second-order valence-electron chi connectivity index (χ2n) is 4.43. The van der Waals surface area contributed by atoms with E-state index in [0.717, 1.165) is 6.07 Å². The third-order valence-corrected chi connectivity index (χ3v) is 4.48. The summed E-state index contributed by atoms with van der Waals surface area (Å²) in [6.07, 6.45) is 0.387. The van der Waals surface area contributed by atoms with E-state index < -0.39 is 20.5 Å². The van der Waals surface area contributed by atoms with Crippen LogP contribution in [0.25, 0.3) is 0 Å². The van der Waals surface area contributed by atoms with Crippen molar-refractivity contribution in [3.63, 3.8) is 0 Å². The molecule has 19 heavy (non-hydrogen) atoms. The van der Waals surface area contributed by atoms with Gasteiger partial charge >= 0.3 is 0 Å². The van der Waals surface area contributed by atoms with Crippen LogP contribution in [0.5, 0.6) is 0 Å². The molecule has 0 heterocycles. The predicted molar refractivity (Wildman–Crippen MR) is 69.2 cm³/mol. The first kappa shape index (κ1) is 15.5. The quantitative estimate of drug-likeness (QED) is 0.600. The van der Waals surface area contributed by atoms with Gasteiger partial charge in [-0.1, -0.05) is 13.0 Å². The van der Waals surface area contributed by atoms with Gasteiger partial charge in [-0.2, -0.15) is 0 Å². The normalized spacial score (nSPS) is 14.9. The summed E-state index contributed by atoms with van der Waals surface area (Å²) in [6, 6.07) is 4.76. The molecule has 0 aliphatic rings. The molecule has 0 fully saturated rings. The fourth-order valence-corrected chi connectivity index (χ4v) is 2.87. The number of hydrogen-bond acceptors (Lipinski definition) is 5. The maximum absolute atomic E-state index is 12.1. The van der Waals surface area contributed by atoms with Crippen LogP contribution in [-0.4, -0.2) is 30.6 Å². The molecule has 0 bridgehead atoms. The van der Waals surface area contributed by atoms with Crippen LogP contribution in [0.3, 0.4) is 0 Å². The van der Waals surface area contributed by atoms with Gasteiger partial charge in [0.15, 0.2) is 0 Å². The van der Waals surface area contributed by atoms with Gasteiger partial charge in [-0.05, 0) is 19.4 Å².